The summed E-state index contributed by atoms with van der Waals surface area (Å²) < 4.78 is 12.5. The Morgan fingerprint density at radius 2 is 2.31 bits per heavy atom. The van der Waals surface area contributed by atoms with Gasteiger partial charge in [0.15, 0.2) is 0 Å². The maximum absolute atomic E-state index is 12.5. The average Bonchev–Trinajstić information content (AvgIpc) is 2.02. The molecule has 3 N–H and O–H groups in total. The zero-order chi connectivity index (χ0) is 9.84. The van der Waals surface area contributed by atoms with E-state index < -0.39 is 11.8 Å². The summed E-state index contributed by atoms with van der Waals surface area (Å²) in [5.74, 6) is -1.42. The molecule has 0 aliphatic carbocycles. The molecule has 70 valence electrons. The van der Waals surface area contributed by atoms with Crippen molar-refractivity contribution in [1.29, 1.82) is 0 Å². The molecule has 0 aliphatic rings. The molecule has 0 heterocycles. The SMILES string of the molecule is Nc1cc(F)ccc1SCC(=O)O. The van der Waals surface area contributed by atoms with E-state index in [1.807, 2.05) is 0 Å². The van der Waals surface area contributed by atoms with Crippen LogP contribution in [0.1, 0.15) is 0 Å². The van der Waals surface area contributed by atoms with Crippen LogP contribution in [0.5, 0.6) is 0 Å². The van der Waals surface area contributed by atoms with Crippen molar-refractivity contribution in [3.8, 4) is 0 Å². The standard InChI is InChI=1S/C8H8FNO2S/c9-5-1-2-7(6(10)3-5)13-4-8(11)12/h1-3H,4,10H2,(H,11,12). The Hall–Kier alpha value is -1.23. The van der Waals surface area contributed by atoms with Crippen LogP contribution in [0.25, 0.3) is 0 Å². The summed E-state index contributed by atoms with van der Waals surface area (Å²) in [4.78, 5) is 10.8. The van der Waals surface area contributed by atoms with Gasteiger partial charge < -0.3 is 10.8 Å². The van der Waals surface area contributed by atoms with Crippen molar-refractivity contribution in [2.45, 2.75) is 4.90 Å². The highest BCUT2D eigenvalue weighted by atomic mass is 32.2. The normalized spacial score (nSPS) is 9.92. The number of nitrogen functional groups attached to an aromatic ring is 1. The molecule has 13 heavy (non-hydrogen) atoms. The van der Waals surface area contributed by atoms with E-state index in [9.17, 15) is 9.18 Å². The minimum atomic E-state index is -0.922. The fraction of sp³-hybridized carbons (Fsp3) is 0.125. The first kappa shape index (κ1) is 9.85. The predicted molar refractivity (Wildman–Crippen MR) is 49.2 cm³/mol. The molecule has 0 aromatic heterocycles. The number of aliphatic carboxylic acids is 1. The molecule has 0 spiro atoms. The minimum absolute atomic E-state index is 0.0736. The summed E-state index contributed by atoms with van der Waals surface area (Å²) in [7, 11) is 0. The summed E-state index contributed by atoms with van der Waals surface area (Å²) in [5, 5.41) is 8.38. The molecule has 0 unspecified atom stereocenters. The molecule has 1 aromatic carbocycles. The molecule has 0 bridgehead atoms. The van der Waals surface area contributed by atoms with Gasteiger partial charge in [-0.2, -0.15) is 0 Å². The lowest BCUT2D eigenvalue weighted by atomic mass is 10.3. The minimum Gasteiger partial charge on any atom is -0.481 e. The quantitative estimate of drug-likeness (QED) is 0.575. The lowest BCUT2D eigenvalue weighted by molar-refractivity contribution is -0.133. The predicted octanol–water partition coefficient (Wildman–Crippen LogP) is 1.58. The van der Waals surface area contributed by atoms with Gasteiger partial charge in [0.1, 0.15) is 5.82 Å². The Morgan fingerprint density at radius 3 is 2.85 bits per heavy atom. The topological polar surface area (TPSA) is 63.3 Å². The zero-order valence-electron chi connectivity index (χ0n) is 6.66. The van der Waals surface area contributed by atoms with Crippen molar-refractivity contribution in [3.05, 3.63) is 24.0 Å². The van der Waals surface area contributed by atoms with Gasteiger partial charge in [-0.1, -0.05) is 0 Å². The van der Waals surface area contributed by atoms with Gasteiger partial charge in [-0.25, -0.2) is 4.39 Å². The molecule has 5 heteroatoms. The fourth-order valence-corrected chi connectivity index (χ4v) is 1.46. The highest BCUT2D eigenvalue weighted by molar-refractivity contribution is 8.00. The van der Waals surface area contributed by atoms with E-state index in [-0.39, 0.29) is 11.4 Å². The molecule has 1 rings (SSSR count). The van der Waals surface area contributed by atoms with E-state index >= 15 is 0 Å². The van der Waals surface area contributed by atoms with E-state index in [1.165, 1.54) is 18.2 Å². The number of carboxylic acid groups (broad SMARTS) is 1. The van der Waals surface area contributed by atoms with Crippen molar-refractivity contribution in [2.75, 3.05) is 11.5 Å². The van der Waals surface area contributed by atoms with E-state index in [1.54, 1.807) is 0 Å². The third-order valence-corrected chi connectivity index (χ3v) is 2.40. The summed E-state index contributed by atoms with van der Waals surface area (Å²) in [5.41, 5.74) is 5.72. The molecule has 0 radical (unpaired) electrons. The average molecular weight is 201 g/mol. The molecule has 0 amide bonds. The Bertz CT molecular complexity index is 330. The lowest BCUT2D eigenvalue weighted by Crippen LogP contribution is -1.98. The number of rotatable bonds is 3. The summed E-state index contributed by atoms with van der Waals surface area (Å²) >= 11 is 1.07. The molecular formula is C8H8FNO2S. The van der Waals surface area contributed by atoms with Gasteiger partial charge in [-0.3, -0.25) is 4.79 Å². The van der Waals surface area contributed by atoms with Crippen molar-refractivity contribution in [3.63, 3.8) is 0 Å². The number of nitrogens with two attached hydrogens (primary N) is 1. The molecule has 0 saturated carbocycles. The summed E-state index contributed by atoms with van der Waals surface area (Å²) in [6.45, 7) is 0. The number of halogens is 1. The number of hydrogen-bond donors (Lipinski definition) is 2. The number of carbonyl (C=O) groups is 1. The van der Waals surface area contributed by atoms with Crippen molar-refractivity contribution in [1.82, 2.24) is 0 Å². The Kier molecular flexibility index (Phi) is 3.13. The largest absolute Gasteiger partial charge is 0.481 e. The molecule has 0 aliphatic heterocycles. The molecule has 0 atom stereocenters. The smallest absolute Gasteiger partial charge is 0.313 e. The summed E-state index contributed by atoms with van der Waals surface area (Å²) in [6.07, 6.45) is 0. The molecule has 3 nitrogen and oxygen atoms in total. The van der Waals surface area contributed by atoms with Crippen LogP contribution in [0, 0.1) is 5.82 Å². The van der Waals surface area contributed by atoms with Gasteiger partial charge in [0.2, 0.25) is 0 Å². The van der Waals surface area contributed by atoms with Crippen LogP contribution in [0.15, 0.2) is 23.1 Å². The Labute approximate surface area is 78.7 Å². The second-order valence-electron chi connectivity index (χ2n) is 2.36. The van der Waals surface area contributed by atoms with Crippen molar-refractivity contribution in [2.24, 2.45) is 0 Å². The van der Waals surface area contributed by atoms with E-state index in [2.05, 4.69) is 0 Å². The monoisotopic (exact) mass is 201 g/mol. The fourth-order valence-electron chi connectivity index (χ4n) is 0.790. The van der Waals surface area contributed by atoms with E-state index in [0.717, 1.165) is 11.8 Å². The summed E-state index contributed by atoms with van der Waals surface area (Å²) in [6, 6.07) is 3.89. The first-order valence-electron chi connectivity index (χ1n) is 3.49. The number of anilines is 1. The number of hydrogen-bond acceptors (Lipinski definition) is 3. The van der Waals surface area contributed by atoms with Crippen molar-refractivity contribution >= 4 is 23.4 Å². The van der Waals surface area contributed by atoms with Crippen LogP contribution in [0.2, 0.25) is 0 Å². The Balaban J connectivity index is 2.72. The second kappa shape index (κ2) is 4.13. The number of carboxylic acids is 1. The number of thioether (sulfide) groups is 1. The van der Waals surface area contributed by atoms with Crippen LogP contribution in [-0.4, -0.2) is 16.8 Å². The van der Waals surface area contributed by atoms with Gasteiger partial charge in [0, 0.05) is 10.6 Å². The zero-order valence-corrected chi connectivity index (χ0v) is 7.47. The molecule has 0 fully saturated rings. The maximum Gasteiger partial charge on any atom is 0.313 e. The second-order valence-corrected chi connectivity index (χ2v) is 3.38. The maximum atomic E-state index is 12.5. The van der Waals surface area contributed by atoms with Gasteiger partial charge in [-0.15, -0.1) is 11.8 Å². The first-order valence-corrected chi connectivity index (χ1v) is 4.48. The van der Waals surface area contributed by atoms with Gasteiger partial charge in [-0.05, 0) is 18.2 Å². The van der Waals surface area contributed by atoms with Crippen molar-refractivity contribution < 1.29 is 14.3 Å². The molecular weight excluding hydrogens is 193 g/mol. The van der Waals surface area contributed by atoms with Crippen LogP contribution in [0.3, 0.4) is 0 Å². The van der Waals surface area contributed by atoms with Gasteiger partial charge in [0.05, 0.1) is 5.75 Å². The van der Waals surface area contributed by atoms with Gasteiger partial charge in [0.25, 0.3) is 0 Å². The highest BCUT2D eigenvalue weighted by Crippen LogP contribution is 2.25. The van der Waals surface area contributed by atoms with E-state index in [4.69, 9.17) is 10.8 Å². The van der Waals surface area contributed by atoms with Gasteiger partial charge >= 0.3 is 5.97 Å². The highest BCUT2D eigenvalue weighted by Gasteiger charge is 2.03. The lowest BCUT2D eigenvalue weighted by Gasteiger charge is -2.02. The van der Waals surface area contributed by atoms with E-state index in [0.29, 0.717) is 4.90 Å². The van der Waals surface area contributed by atoms with Crippen LogP contribution in [0.4, 0.5) is 10.1 Å². The Morgan fingerprint density at radius 1 is 1.62 bits per heavy atom. The third kappa shape index (κ3) is 2.95. The van der Waals surface area contributed by atoms with Crippen LogP contribution < -0.4 is 5.73 Å². The third-order valence-electron chi connectivity index (χ3n) is 1.32. The first-order chi connectivity index (χ1) is 6.09. The van der Waals surface area contributed by atoms with Crippen LogP contribution in [-0.2, 0) is 4.79 Å². The number of benzene rings is 1. The molecule has 1 aromatic rings. The molecule has 0 saturated heterocycles. The van der Waals surface area contributed by atoms with Crippen LogP contribution >= 0.6 is 11.8 Å².